The highest BCUT2D eigenvalue weighted by atomic mass is 32.2. The number of rotatable bonds is 6. The van der Waals surface area contributed by atoms with Gasteiger partial charge >= 0.3 is 0 Å². The molecule has 0 spiro atoms. The Morgan fingerprint density at radius 1 is 1.15 bits per heavy atom. The number of carbonyl (C=O) groups is 1. The van der Waals surface area contributed by atoms with Gasteiger partial charge in [0.2, 0.25) is 0 Å². The van der Waals surface area contributed by atoms with Crippen molar-refractivity contribution in [1.29, 1.82) is 0 Å². The third-order valence-electron chi connectivity index (χ3n) is 3.86. The van der Waals surface area contributed by atoms with E-state index in [1.165, 1.54) is 27.8 Å². The van der Waals surface area contributed by atoms with Gasteiger partial charge in [-0.1, -0.05) is 24.3 Å². The van der Waals surface area contributed by atoms with Crippen molar-refractivity contribution in [3.8, 4) is 0 Å². The highest BCUT2D eigenvalue weighted by Gasteiger charge is 2.24. The van der Waals surface area contributed by atoms with Gasteiger partial charge in [0.15, 0.2) is 5.13 Å². The molecule has 8 heteroatoms. The van der Waals surface area contributed by atoms with Crippen LogP contribution in [0.5, 0.6) is 0 Å². The number of anilines is 2. The number of nitrogens with zero attached hydrogens (tertiary/aromatic N) is 2. The molecule has 0 aliphatic rings. The van der Waals surface area contributed by atoms with Crippen LogP contribution in [-0.4, -0.2) is 25.9 Å². The van der Waals surface area contributed by atoms with Crippen LogP contribution in [-0.2, 0) is 10.0 Å². The van der Waals surface area contributed by atoms with Gasteiger partial charge in [-0.3, -0.25) is 14.4 Å². The number of aromatic nitrogens is 1. The van der Waals surface area contributed by atoms with Crippen LogP contribution in [0.3, 0.4) is 0 Å². The van der Waals surface area contributed by atoms with Crippen molar-refractivity contribution in [1.82, 2.24) is 4.98 Å². The molecule has 0 atom stereocenters. The second-order valence-corrected chi connectivity index (χ2v) is 8.86. The Hall–Kier alpha value is -2.71. The van der Waals surface area contributed by atoms with Crippen LogP contribution in [0.4, 0.5) is 10.8 Å². The van der Waals surface area contributed by atoms with Gasteiger partial charge < -0.3 is 0 Å². The molecule has 0 bridgehead atoms. The number of hydrogen-bond donors (Lipinski definition) is 1. The minimum atomic E-state index is -3.79. The first-order chi connectivity index (χ1) is 12.9. The predicted molar refractivity (Wildman–Crippen MR) is 108 cm³/mol. The lowest BCUT2D eigenvalue weighted by atomic mass is 10.2. The summed E-state index contributed by atoms with van der Waals surface area (Å²) in [6, 6.07) is 14.9. The normalized spacial score (nSPS) is 11.2. The summed E-state index contributed by atoms with van der Waals surface area (Å²) < 4.78 is 27.5. The molecule has 1 heterocycles. The molecule has 3 rings (SSSR count). The molecular weight excluding hydrogens is 382 g/mol. The Labute approximate surface area is 162 Å². The summed E-state index contributed by atoms with van der Waals surface area (Å²) in [6.45, 7) is 3.94. The van der Waals surface area contributed by atoms with Crippen LogP contribution in [0.1, 0.15) is 22.2 Å². The molecule has 27 heavy (non-hydrogen) atoms. The molecule has 0 radical (unpaired) electrons. The number of carbonyl (C=O) groups excluding carboxylic acids is 1. The van der Waals surface area contributed by atoms with Crippen molar-refractivity contribution in [3.05, 3.63) is 71.2 Å². The van der Waals surface area contributed by atoms with Gasteiger partial charge in [0.05, 0.1) is 10.6 Å². The van der Waals surface area contributed by atoms with Crippen molar-refractivity contribution < 1.29 is 13.2 Å². The molecule has 140 valence electrons. The summed E-state index contributed by atoms with van der Waals surface area (Å²) >= 11 is 1.36. The Morgan fingerprint density at radius 3 is 2.52 bits per heavy atom. The van der Waals surface area contributed by atoms with Gasteiger partial charge in [0, 0.05) is 23.2 Å². The summed E-state index contributed by atoms with van der Waals surface area (Å²) in [7, 11) is -3.79. The molecule has 2 aromatic carbocycles. The Kier molecular flexibility index (Phi) is 5.57. The highest BCUT2D eigenvalue weighted by Crippen LogP contribution is 2.24. The SMILES string of the molecule is CCN(c1ccccc1)S(=O)(=O)c1cccc(C(=O)Nc2ncc(C)s2)c1. The van der Waals surface area contributed by atoms with E-state index in [0.717, 1.165) is 4.88 Å². The molecule has 1 amide bonds. The van der Waals surface area contributed by atoms with E-state index in [4.69, 9.17) is 0 Å². The van der Waals surface area contributed by atoms with Crippen LogP contribution in [0.2, 0.25) is 0 Å². The number of thiazole rings is 1. The summed E-state index contributed by atoms with van der Waals surface area (Å²) in [5.74, 6) is -0.399. The molecule has 1 N–H and O–H groups in total. The van der Waals surface area contributed by atoms with Gasteiger partial charge in [0.25, 0.3) is 15.9 Å². The summed E-state index contributed by atoms with van der Waals surface area (Å²) in [5.41, 5.74) is 0.834. The van der Waals surface area contributed by atoms with Gasteiger partial charge in [-0.15, -0.1) is 11.3 Å². The van der Waals surface area contributed by atoms with Crippen molar-refractivity contribution in [2.24, 2.45) is 0 Å². The van der Waals surface area contributed by atoms with E-state index in [0.29, 0.717) is 10.8 Å². The van der Waals surface area contributed by atoms with E-state index >= 15 is 0 Å². The lowest BCUT2D eigenvalue weighted by molar-refractivity contribution is 0.102. The predicted octanol–water partition coefficient (Wildman–Crippen LogP) is 3.92. The number of hydrogen-bond acceptors (Lipinski definition) is 5. The zero-order valence-corrected chi connectivity index (χ0v) is 16.5. The van der Waals surface area contributed by atoms with Crippen molar-refractivity contribution in [2.75, 3.05) is 16.2 Å². The standard InChI is InChI=1S/C19H19N3O3S2/c1-3-22(16-9-5-4-6-10-16)27(24,25)17-11-7-8-15(12-17)18(23)21-19-20-13-14(2)26-19/h4-13H,3H2,1-2H3,(H,20,21,23). The van der Waals surface area contributed by atoms with Crippen LogP contribution in [0.25, 0.3) is 0 Å². The largest absolute Gasteiger partial charge is 0.298 e. The number of para-hydroxylation sites is 1. The zero-order chi connectivity index (χ0) is 19.4. The van der Waals surface area contributed by atoms with E-state index in [1.807, 2.05) is 13.0 Å². The highest BCUT2D eigenvalue weighted by molar-refractivity contribution is 7.92. The molecule has 3 aromatic rings. The molecule has 0 saturated heterocycles. The van der Waals surface area contributed by atoms with Crippen LogP contribution >= 0.6 is 11.3 Å². The maximum absolute atomic E-state index is 13.1. The third kappa shape index (κ3) is 4.17. The number of benzene rings is 2. The molecule has 0 saturated carbocycles. The summed E-state index contributed by atoms with van der Waals surface area (Å²) in [5, 5.41) is 3.17. The molecule has 1 aromatic heterocycles. The van der Waals surface area contributed by atoms with Crippen LogP contribution < -0.4 is 9.62 Å². The van der Waals surface area contributed by atoms with E-state index in [9.17, 15) is 13.2 Å². The van der Waals surface area contributed by atoms with Crippen molar-refractivity contribution in [2.45, 2.75) is 18.7 Å². The second kappa shape index (κ2) is 7.89. The molecule has 0 aliphatic carbocycles. The van der Waals surface area contributed by atoms with Gasteiger partial charge in [-0.25, -0.2) is 13.4 Å². The number of sulfonamides is 1. The van der Waals surface area contributed by atoms with E-state index in [-0.39, 0.29) is 17.0 Å². The quantitative estimate of drug-likeness (QED) is 0.679. The molecule has 0 unspecified atom stereocenters. The van der Waals surface area contributed by atoms with Gasteiger partial charge in [-0.05, 0) is 44.2 Å². The third-order valence-corrected chi connectivity index (χ3v) is 6.58. The summed E-state index contributed by atoms with van der Waals surface area (Å²) in [6.07, 6.45) is 1.67. The maximum Gasteiger partial charge on any atom is 0.264 e. The average molecular weight is 402 g/mol. The fourth-order valence-electron chi connectivity index (χ4n) is 2.59. The minimum absolute atomic E-state index is 0.0659. The Bertz CT molecular complexity index is 1050. The van der Waals surface area contributed by atoms with Crippen molar-refractivity contribution in [3.63, 3.8) is 0 Å². The minimum Gasteiger partial charge on any atom is -0.298 e. The molecule has 6 nitrogen and oxygen atoms in total. The first kappa shape index (κ1) is 19.1. The molecular formula is C19H19N3O3S2. The lowest BCUT2D eigenvalue weighted by Gasteiger charge is -2.23. The first-order valence-corrected chi connectivity index (χ1v) is 10.6. The first-order valence-electron chi connectivity index (χ1n) is 8.33. The number of aryl methyl sites for hydroxylation is 1. The van der Waals surface area contributed by atoms with Gasteiger partial charge in [0.1, 0.15) is 0 Å². The fourth-order valence-corrected chi connectivity index (χ4v) is 4.77. The number of amides is 1. The topological polar surface area (TPSA) is 79.4 Å². The van der Waals surface area contributed by atoms with Crippen LogP contribution in [0, 0.1) is 6.92 Å². The number of nitrogens with one attached hydrogen (secondary N) is 1. The van der Waals surface area contributed by atoms with E-state index in [2.05, 4.69) is 10.3 Å². The van der Waals surface area contributed by atoms with E-state index in [1.54, 1.807) is 49.5 Å². The summed E-state index contributed by atoms with van der Waals surface area (Å²) in [4.78, 5) is 17.6. The molecule has 0 aliphatic heterocycles. The van der Waals surface area contributed by atoms with Gasteiger partial charge in [-0.2, -0.15) is 0 Å². The maximum atomic E-state index is 13.1. The zero-order valence-electron chi connectivity index (χ0n) is 14.9. The molecule has 0 fully saturated rings. The van der Waals surface area contributed by atoms with Crippen LogP contribution in [0.15, 0.2) is 65.7 Å². The Morgan fingerprint density at radius 2 is 1.89 bits per heavy atom. The monoisotopic (exact) mass is 401 g/mol. The average Bonchev–Trinajstić information content (AvgIpc) is 3.08. The second-order valence-electron chi connectivity index (χ2n) is 5.76. The fraction of sp³-hybridized carbons (Fsp3) is 0.158. The van der Waals surface area contributed by atoms with E-state index < -0.39 is 15.9 Å². The Balaban J connectivity index is 1.90. The lowest BCUT2D eigenvalue weighted by Crippen LogP contribution is -2.30. The smallest absolute Gasteiger partial charge is 0.264 e. The van der Waals surface area contributed by atoms with Crippen molar-refractivity contribution >= 4 is 38.1 Å².